The maximum absolute atomic E-state index is 6.21. The zero-order valence-electron chi connectivity index (χ0n) is 30.7. The van der Waals surface area contributed by atoms with Crippen LogP contribution in [0.2, 0.25) is 0 Å². The Balaban J connectivity index is 1.02. The summed E-state index contributed by atoms with van der Waals surface area (Å²) in [6.07, 6.45) is 0. The summed E-state index contributed by atoms with van der Waals surface area (Å²) in [7, 11) is 0. The number of nitrogens with zero attached hydrogens (tertiary/aromatic N) is 1. The second-order valence-corrected chi connectivity index (χ2v) is 14.1. The largest absolute Gasteiger partial charge is 0.456 e. The summed E-state index contributed by atoms with van der Waals surface area (Å²) in [5.41, 5.74) is 14.7. The highest BCUT2D eigenvalue weighted by molar-refractivity contribution is 5.97. The van der Waals surface area contributed by atoms with E-state index in [-0.39, 0.29) is 0 Å². The molecule has 1 heterocycles. The quantitative estimate of drug-likeness (QED) is 0.156. The van der Waals surface area contributed by atoms with E-state index in [4.69, 9.17) is 4.42 Å². The lowest BCUT2D eigenvalue weighted by Crippen LogP contribution is -2.11. The summed E-state index contributed by atoms with van der Waals surface area (Å²) in [4.78, 5) is 2.37. The third-order valence-electron chi connectivity index (χ3n) is 10.7. The Hall–Kier alpha value is -7.42. The average Bonchev–Trinajstić information content (AvgIpc) is 3.72. The first-order chi connectivity index (χ1) is 27.7. The highest BCUT2D eigenvalue weighted by Gasteiger charge is 2.18. The minimum Gasteiger partial charge on any atom is -0.456 e. The zero-order chi connectivity index (χ0) is 37.3. The van der Waals surface area contributed by atoms with E-state index in [9.17, 15) is 0 Å². The van der Waals surface area contributed by atoms with Gasteiger partial charge in [0, 0.05) is 27.9 Å². The van der Waals surface area contributed by atoms with E-state index in [1.807, 2.05) is 18.2 Å². The predicted molar refractivity (Wildman–Crippen MR) is 236 cm³/mol. The van der Waals surface area contributed by atoms with Crippen molar-refractivity contribution in [3.05, 3.63) is 224 Å². The number of furan rings is 1. The molecule has 10 aromatic rings. The first kappa shape index (κ1) is 33.2. The van der Waals surface area contributed by atoms with E-state index >= 15 is 0 Å². The third kappa shape index (κ3) is 6.34. The molecule has 0 amide bonds. The van der Waals surface area contributed by atoms with Gasteiger partial charge in [0.25, 0.3) is 0 Å². The van der Waals surface area contributed by atoms with Crippen molar-refractivity contribution in [3.63, 3.8) is 0 Å². The van der Waals surface area contributed by atoms with Crippen molar-refractivity contribution in [1.82, 2.24) is 0 Å². The Bertz CT molecular complexity index is 2920. The molecule has 0 aliphatic carbocycles. The van der Waals surface area contributed by atoms with Crippen molar-refractivity contribution >= 4 is 38.8 Å². The van der Waals surface area contributed by atoms with Crippen LogP contribution >= 0.6 is 0 Å². The fourth-order valence-electron chi connectivity index (χ4n) is 7.88. The monoisotopic (exact) mass is 715 g/mol. The van der Waals surface area contributed by atoms with E-state index in [2.05, 4.69) is 211 Å². The molecule has 0 spiro atoms. The first-order valence-electron chi connectivity index (χ1n) is 19.1. The lowest BCUT2D eigenvalue weighted by molar-refractivity contribution is 0.631. The number of fused-ring (bicyclic) bond motifs is 2. The molecule has 10 rings (SSSR count). The van der Waals surface area contributed by atoms with Crippen molar-refractivity contribution in [2.45, 2.75) is 0 Å². The van der Waals surface area contributed by atoms with Crippen LogP contribution < -0.4 is 4.90 Å². The van der Waals surface area contributed by atoms with Gasteiger partial charge in [0.15, 0.2) is 0 Å². The minimum absolute atomic E-state index is 0.872. The van der Waals surface area contributed by atoms with Gasteiger partial charge in [-0.05, 0) is 104 Å². The summed E-state index contributed by atoms with van der Waals surface area (Å²) in [5.74, 6) is 0.872. The molecule has 0 aliphatic heterocycles. The van der Waals surface area contributed by atoms with Crippen LogP contribution in [0.5, 0.6) is 0 Å². The molecule has 9 aromatic carbocycles. The molecule has 0 bridgehead atoms. The van der Waals surface area contributed by atoms with Gasteiger partial charge < -0.3 is 9.32 Å². The summed E-state index contributed by atoms with van der Waals surface area (Å²) < 4.78 is 6.21. The first-order valence-corrected chi connectivity index (χ1v) is 19.1. The molecule has 0 radical (unpaired) electrons. The predicted octanol–water partition coefficient (Wildman–Crippen LogP) is 15.4. The number of hydrogen-bond donors (Lipinski definition) is 0. The normalized spacial score (nSPS) is 11.2. The number of benzene rings is 9. The molecular formula is C54H37NO. The van der Waals surface area contributed by atoms with Gasteiger partial charge in [-0.15, -0.1) is 0 Å². The van der Waals surface area contributed by atoms with Crippen LogP contribution in [-0.2, 0) is 0 Å². The average molecular weight is 716 g/mol. The Kier molecular flexibility index (Phi) is 8.55. The van der Waals surface area contributed by atoms with Crippen LogP contribution in [0.3, 0.4) is 0 Å². The summed E-state index contributed by atoms with van der Waals surface area (Å²) >= 11 is 0. The van der Waals surface area contributed by atoms with E-state index < -0.39 is 0 Å². The van der Waals surface area contributed by atoms with Crippen molar-refractivity contribution in [3.8, 4) is 55.8 Å². The summed E-state index contributed by atoms with van der Waals surface area (Å²) in [6, 6.07) is 80.1. The van der Waals surface area contributed by atoms with Crippen molar-refractivity contribution < 1.29 is 4.42 Å². The SMILES string of the molecule is c1ccc(-c2ccccc2N(c2ccc(-c3cccc(-c4cc5ccccc5o4)c3)cc2)c2ccc(-c3cccc(-c4cccc5ccccc45)c3)cc2)cc1. The van der Waals surface area contributed by atoms with Gasteiger partial charge in [-0.1, -0.05) is 170 Å². The Morgan fingerprint density at radius 1 is 0.304 bits per heavy atom. The van der Waals surface area contributed by atoms with Gasteiger partial charge in [0.05, 0.1) is 5.69 Å². The number of para-hydroxylation sites is 2. The highest BCUT2D eigenvalue weighted by atomic mass is 16.3. The maximum atomic E-state index is 6.21. The molecule has 0 saturated carbocycles. The lowest BCUT2D eigenvalue weighted by Gasteiger charge is -2.28. The zero-order valence-corrected chi connectivity index (χ0v) is 30.7. The van der Waals surface area contributed by atoms with E-state index in [0.29, 0.717) is 0 Å². The third-order valence-corrected chi connectivity index (χ3v) is 10.7. The van der Waals surface area contributed by atoms with Crippen molar-refractivity contribution in [1.29, 1.82) is 0 Å². The van der Waals surface area contributed by atoms with Crippen LogP contribution in [0.1, 0.15) is 0 Å². The lowest BCUT2D eigenvalue weighted by atomic mass is 9.95. The molecule has 0 N–H and O–H groups in total. The molecule has 2 nitrogen and oxygen atoms in total. The molecule has 0 aliphatic rings. The van der Waals surface area contributed by atoms with Crippen molar-refractivity contribution in [2.24, 2.45) is 0 Å². The highest BCUT2D eigenvalue weighted by Crippen LogP contribution is 2.42. The molecule has 1 aromatic heterocycles. The van der Waals surface area contributed by atoms with Crippen LogP contribution in [0, 0.1) is 0 Å². The van der Waals surface area contributed by atoms with Crippen LogP contribution in [0.15, 0.2) is 229 Å². The molecule has 56 heavy (non-hydrogen) atoms. The molecule has 264 valence electrons. The van der Waals surface area contributed by atoms with Gasteiger partial charge in [-0.25, -0.2) is 0 Å². The van der Waals surface area contributed by atoms with Crippen LogP contribution in [0.4, 0.5) is 17.1 Å². The van der Waals surface area contributed by atoms with E-state index in [1.54, 1.807) is 0 Å². The smallest absolute Gasteiger partial charge is 0.135 e. The molecule has 0 atom stereocenters. The summed E-state index contributed by atoms with van der Waals surface area (Å²) in [6.45, 7) is 0. The van der Waals surface area contributed by atoms with E-state index in [1.165, 1.54) is 44.2 Å². The topological polar surface area (TPSA) is 16.4 Å². The second-order valence-electron chi connectivity index (χ2n) is 14.1. The molecule has 2 heteroatoms. The standard InChI is InChI=1S/C54H37NO/c1-2-13-41(14-3-1)51-23-7-8-25-52(51)55(48-33-29-39(30-34-48)43-19-11-21-45(36-43)54-37-46-16-5-9-26-53(46)56-54)47-31-27-38(28-32-47)42-18-10-20-44(35-42)50-24-12-17-40-15-4-6-22-49(40)50/h1-37H. The summed E-state index contributed by atoms with van der Waals surface area (Å²) in [5, 5.41) is 3.62. The second kappa shape index (κ2) is 14.4. The molecule has 0 fully saturated rings. The Morgan fingerprint density at radius 2 is 0.821 bits per heavy atom. The molecular weight excluding hydrogens is 679 g/mol. The Labute approximate surface area is 327 Å². The van der Waals surface area contributed by atoms with Gasteiger partial charge >= 0.3 is 0 Å². The maximum Gasteiger partial charge on any atom is 0.135 e. The molecule has 0 unspecified atom stereocenters. The van der Waals surface area contributed by atoms with Gasteiger partial charge in [0.1, 0.15) is 11.3 Å². The van der Waals surface area contributed by atoms with Gasteiger partial charge in [-0.2, -0.15) is 0 Å². The van der Waals surface area contributed by atoms with Crippen LogP contribution in [0.25, 0.3) is 77.6 Å². The van der Waals surface area contributed by atoms with E-state index in [0.717, 1.165) is 50.5 Å². The van der Waals surface area contributed by atoms with Crippen LogP contribution in [-0.4, -0.2) is 0 Å². The number of anilines is 3. The number of rotatable bonds is 8. The minimum atomic E-state index is 0.872. The fraction of sp³-hybridized carbons (Fsp3) is 0. The van der Waals surface area contributed by atoms with Gasteiger partial charge in [-0.3, -0.25) is 0 Å². The fourth-order valence-corrected chi connectivity index (χ4v) is 7.88. The van der Waals surface area contributed by atoms with Crippen molar-refractivity contribution in [2.75, 3.05) is 4.90 Å². The molecule has 0 saturated heterocycles. The Morgan fingerprint density at radius 3 is 1.55 bits per heavy atom. The number of hydrogen-bond acceptors (Lipinski definition) is 2. The van der Waals surface area contributed by atoms with Gasteiger partial charge in [0.2, 0.25) is 0 Å².